The Bertz CT molecular complexity index is 1720. The predicted octanol–water partition coefficient (Wildman–Crippen LogP) is 3.41. The topological polar surface area (TPSA) is 112 Å². The maximum absolute atomic E-state index is 15.2. The number of benzene rings is 1. The number of sulfonamides is 1. The smallest absolute Gasteiger partial charge is 0.334 e. The van der Waals surface area contributed by atoms with Crippen LogP contribution in [0, 0.1) is 11.6 Å². The molecule has 0 spiro atoms. The van der Waals surface area contributed by atoms with Crippen molar-refractivity contribution in [3.05, 3.63) is 64.0 Å². The van der Waals surface area contributed by atoms with E-state index in [-0.39, 0.29) is 34.0 Å². The van der Waals surface area contributed by atoms with Crippen LogP contribution in [0.1, 0.15) is 37.1 Å². The fourth-order valence-electron chi connectivity index (χ4n) is 4.62. The van der Waals surface area contributed by atoms with Crippen molar-refractivity contribution in [2.45, 2.75) is 44.2 Å². The first kappa shape index (κ1) is 23.9. The Hall–Kier alpha value is -3.52. The molecule has 0 unspecified atom stereocenters. The summed E-state index contributed by atoms with van der Waals surface area (Å²) in [7, 11) is -3.97. The Morgan fingerprint density at radius 2 is 1.92 bits per heavy atom. The number of nitrogens with one attached hydrogen (secondary N) is 1. The van der Waals surface area contributed by atoms with E-state index in [1.54, 1.807) is 0 Å². The number of alkyl halides is 2. The SMILES string of the molecule is CCS(=O)(=O)N[C@@H]1Cn2c(cn(-c3noc4nc(C5CC5)cc(-c5c(F)cccc5F)c34)c2=O)C1(F)F. The molecule has 6 rings (SSSR count). The van der Waals surface area contributed by atoms with E-state index in [1.807, 2.05) is 4.72 Å². The van der Waals surface area contributed by atoms with Crippen LogP contribution in [-0.2, 0) is 22.5 Å². The molecule has 37 heavy (non-hydrogen) atoms. The fourth-order valence-corrected chi connectivity index (χ4v) is 5.44. The van der Waals surface area contributed by atoms with Crippen molar-refractivity contribution in [2.75, 3.05) is 5.75 Å². The van der Waals surface area contributed by atoms with Gasteiger partial charge in [0.1, 0.15) is 23.4 Å². The highest BCUT2D eigenvalue weighted by Crippen LogP contribution is 2.44. The van der Waals surface area contributed by atoms with E-state index >= 15 is 8.78 Å². The van der Waals surface area contributed by atoms with Gasteiger partial charge in [0.25, 0.3) is 5.71 Å². The van der Waals surface area contributed by atoms with E-state index in [0.29, 0.717) is 5.69 Å². The van der Waals surface area contributed by atoms with Gasteiger partial charge < -0.3 is 4.52 Å². The number of hydrogen-bond donors (Lipinski definition) is 1. The van der Waals surface area contributed by atoms with E-state index < -0.39 is 57.3 Å². The van der Waals surface area contributed by atoms with Crippen molar-refractivity contribution in [1.82, 2.24) is 24.0 Å². The molecule has 14 heteroatoms. The summed E-state index contributed by atoms with van der Waals surface area (Å²) in [4.78, 5) is 17.6. The molecule has 194 valence electrons. The maximum atomic E-state index is 15.2. The van der Waals surface area contributed by atoms with Crippen molar-refractivity contribution < 1.29 is 30.5 Å². The molecular weight excluding hydrogens is 518 g/mol. The van der Waals surface area contributed by atoms with Crippen LogP contribution in [0.5, 0.6) is 0 Å². The molecule has 1 atom stereocenters. The van der Waals surface area contributed by atoms with Gasteiger partial charge in [0, 0.05) is 23.4 Å². The third kappa shape index (κ3) is 3.69. The lowest BCUT2D eigenvalue weighted by molar-refractivity contribution is -0.0248. The highest BCUT2D eigenvalue weighted by Gasteiger charge is 2.52. The van der Waals surface area contributed by atoms with Crippen molar-refractivity contribution in [1.29, 1.82) is 0 Å². The van der Waals surface area contributed by atoms with E-state index in [1.165, 1.54) is 19.1 Å². The van der Waals surface area contributed by atoms with Gasteiger partial charge in [0.15, 0.2) is 5.82 Å². The van der Waals surface area contributed by atoms with Crippen LogP contribution in [0.25, 0.3) is 28.0 Å². The van der Waals surface area contributed by atoms with E-state index in [9.17, 15) is 22.0 Å². The average Bonchev–Trinajstić information content (AvgIpc) is 3.47. The van der Waals surface area contributed by atoms with Gasteiger partial charge in [-0.1, -0.05) is 11.2 Å². The summed E-state index contributed by atoms with van der Waals surface area (Å²) >= 11 is 0. The van der Waals surface area contributed by atoms with Crippen molar-refractivity contribution in [2.24, 2.45) is 0 Å². The van der Waals surface area contributed by atoms with Gasteiger partial charge >= 0.3 is 11.6 Å². The molecule has 2 aliphatic rings. The third-order valence-electron chi connectivity index (χ3n) is 6.73. The Labute approximate surface area is 206 Å². The number of aromatic nitrogens is 4. The number of fused-ring (bicyclic) bond motifs is 2. The minimum Gasteiger partial charge on any atom is -0.334 e. The molecule has 9 nitrogen and oxygen atoms in total. The Balaban J connectivity index is 1.53. The van der Waals surface area contributed by atoms with Crippen LogP contribution >= 0.6 is 0 Å². The third-order valence-corrected chi connectivity index (χ3v) is 8.13. The van der Waals surface area contributed by atoms with Crippen molar-refractivity contribution in [3.8, 4) is 16.9 Å². The highest BCUT2D eigenvalue weighted by molar-refractivity contribution is 7.89. The highest BCUT2D eigenvalue weighted by atomic mass is 32.2. The number of nitrogens with zero attached hydrogens (tertiary/aromatic N) is 4. The fraction of sp³-hybridized carbons (Fsp3) is 0.348. The molecule has 1 aliphatic heterocycles. The largest absolute Gasteiger partial charge is 0.334 e. The van der Waals surface area contributed by atoms with Crippen LogP contribution in [0.4, 0.5) is 17.6 Å². The standard InChI is InChI=1S/C23H19F4N5O4S/c1-2-37(34,35)30-16-9-31-17(23(16,26)27)10-32(22(31)33)20-19-12(18-13(24)4-3-5-14(18)25)8-15(11-6-7-11)28-21(19)36-29-20/h3-5,8,10-11,16,30H,2,6-7,9H2,1H3/t16-/m1/s1. The van der Waals surface area contributed by atoms with Gasteiger partial charge in [-0.15, -0.1) is 0 Å². The quantitative estimate of drug-likeness (QED) is 0.378. The zero-order chi connectivity index (χ0) is 26.3. The molecule has 0 bridgehead atoms. The number of imidazole rings is 1. The van der Waals surface area contributed by atoms with Crippen LogP contribution in [-0.4, -0.2) is 39.5 Å². The molecule has 0 radical (unpaired) electrons. The summed E-state index contributed by atoms with van der Waals surface area (Å²) in [5.41, 5.74) is -1.61. The van der Waals surface area contributed by atoms with Crippen LogP contribution in [0.3, 0.4) is 0 Å². The van der Waals surface area contributed by atoms with Crippen LogP contribution in [0.2, 0.25) is 0 Å². The molecule has 4 aromatic rings. The molecule has 1 fully saturated rings. The molecule has 1 aromatic carbocycles. The summed E-state index contributed by atoms with van der Waals surface area (Å²) in [6.07, 6.45) is 2.50. The minimum absolute atomic E-state index is 0.0219. The molecule has 1 saturated carbocycles. The first-order valence-electron chi connectivity index (χ1n) is 11.5. The van der Waals surface area contributed by atoms with Gasteiger partial charge in [-0.05, 0) is 38.0 Å². The second kappa shape index (κ2) is 7.99. The summed E-state index contributed by atoms with van der Waals surface area (Å²) < 4.78 is 92.5. The maximum Gasteiger partial charge on any atom is 0.334 e. The predicted molar refractivity (Wildman–Crippen MR) is 123 cm³/mol. The number of pyridine rings is 1. The normalized spacial score (nSPS) is 19.0. The van der Waals surface area contributed by atoms with E-state index in [2.05, 4.69) is 10.1 Å². The lowest BCUT2D eigenvalue weighted by Gasteiger charge is -2.19. The molecular formula is C23H19F4N5O4S. The molecule has 0 amide bonds. The Morgan fingerprint density at radius 1 is 1.22 bits per heavy atom. The van der Waals surface area contributed by atoms with E-state index in [0.717, 1.165) is 40.3 Å². The van der Waals surface area contributed by atoms with Crippen LogP contribution in [0.15, 0.2) is 39.8 Å². The lowest BCUT2D eigenvalue weighted by atomic mass is 10.00. The summed E-state index contributed by atoms with van der Waals surface area (Å²) in [5.74, 6) is -6.05. The number of halogens is 4. The molecule has 4 heterocycles. The van der Waals surface area contributed by atoms with Crippen LogP contribution < -0.4 is 10.4 Å². The average molecular weight is 537 g/mol. The second-order valence-electron chi connectivity index (χ2n) is 9.13. The lowest BCUT2D eigenvalue weighted by Crippen LogP contribution is -2.45. The summed E-state index contributed by atoms with van der Waals surface area (Å²) in [6.45, 7) is 0.680. The van der Waals surface area contributed by atoms with Gasteiger partial charge in [-0.25, -0.2) is 36.3 Å². The Morgan fingerprint density at radius 3 is 2.54 bits per heavy atom. The van der Waals surface area contributed by atoms with Crippen molar-refractivity contribution >= 4 is 21.1 Å². The van der Waals surface area contributed by atoms with Crippen molar-refractivity contribution in [3.63, 3.8) is 0 Å². The minimum atomic E-state index is -3.97. The zero-order valence-corrected chi connectivity index (χ0v) is 20.0. The van der Waals surface area contributed by atoms with Gasteiger partial charge in [0.05, 0.1) is 23.2 Å². The Kier molecular flexibility index (Phi) is 5.15. The first-order chi connectivity index (χ1) is 17.5. The monoisotopic (exact) mass is 537 g/mol. The number of rotatable bonds is 6. The molecule has 3 aromatic heterocycles. The van der Waals surface area contributed by atoms with Gasteiger partial charge in [-0.2, -0.15) is 8.78 Å². The molecule has 1 aliphatic carbocycles. The van der Waals surface area contributed by atoms with Gasteiger partial charge in [-0.3, -0.25) is 4.57 Å². The summed E-state index contributed by atoms with van der Waals surface area (Å²) in [5, 5.41) is 3.83. The number of hydrogen-bond acceptors (Lipinski definition) is 6. The molecule has 1 N–H and O–H groups in total. The zero-order valence-electron chi connectivity index (χ0n) is 19.2. The van der Waals surface area contributed by atoms with E-state index in [4.69, 9.17) is 4.52 Å². The first-order valence-corrected chi connectivity index (χ1v) is 13.1. The van der Waals surface area contributed by atoms with Gasteiger partial charge in [0.2, 0.25) is 10.0 Å². The summed E-state index contributed by atoms with van der Waals surface area (Å²) in [6, 6.07) is 3.00. The second-order valence-corrected chi connectivity index (χ2v) is 11.2. The molecule has 0 saturated heterocycles.